The van der Waals surface area contributed by atoms with Gasteiger partial charge in [-0.2, -0.15) is 0 Å². The van der Waals surface area contributed by atoms with Gasteiger partial charge in [0.25, 0.3) is 0 Å². The van der Waals surface area contributed by atoms with Crippen LogP contribution in [0, 0.1) is 0 Å². The number of benzene rings is 3. The molecule has 3 aromatic carbocycles. The molecule has 0 unspecified atom stereocenters. The zero-order chi connectivity index (χ0) is 22.7. The summed E-state index contributed by atoms with van der Waals surface area (Å²) in [6.07, 6.45) is 1.80. The zero-order valence-electron chi connectivity index (χ0n) is 18.0. The van der Waals surface area contributed by atoms with E-state index in [0.29, 0.717) is 21.7 Å². The SMILES string of the molecule is COCOc1c(-c2ccccc2Cl)cc2cnc(NC(C)C)nc2c1-c1ccccc1Cl. The van der Waals surface area contributed by atoms with Gasteiger partial charge in [-0.25, -0.2) is 9.97 Å². The predicted molar refractivity (Wildman–Crippen MR) is 132 cm³/mol. The smallest absolute Gasteiger partial charge is 0.223 e. The maximum Gasteiger partial charge on any atom is 0.223 e. The van der Waals surface area contributed by atoms with Crippen LogP contribution in [0.2, 0.25) is 10.0 Å². The van der Waals surface area contributed by atoms with Crippen LogP contribution in [0.5, 0.6) is 5.75 Å². The van der Waals surface area contributed by atoms with Crippen LogP contribution in [0.1, 0.15) is 13.8 Å². The Kier molecular flexibility index (Phi) is 6.80. The fourth-order valence-corrected chi connectivity index (χ4v) is 4.02. The number of nitrogens with one attached hydrogen (secondary N) is 1. The van der Waals surface area contributed by atoms with Crippen molar-refractivity contribution in [1.29, 1.82) is 0 Å². The summed E-state index contributed by atoms with van der Waals surface area (Å²) in [5, 5.41) is 5.30. The second-order valence-corrected chi connectivity index (χ2v) is 8.38. The van der Waals surface area contributed by atoms with E-state index in [1.54, 1.807) is 13.3 Å². The molecular formula is C25H23Cl2N3O2. The number of hydrogen-bond acceptors (Lipinski definition) is 5. The molecule has 0 spiro atoms. The zero-order valence-corrected chi connectivity index (χ0v) is 19.5. The average Bonchev–Trinajstić information content (AvgIpc) is 2.77. The first-order chi connectivity index (χ1) is 15.5. The molecule has 32 heavy (non-hydrogen) atoms. The van der Waals surface area contributed by atoms with Gasteiger partial charge in [-0.15, -0.1) is 0 Å². The maximum atomic E-state index is 6.65. The summed E-state index contributed by atoms with van der Waals surface area (Å²) in [4.78, 5) is 9.32. The third-order valence-corrected chi connectivity index (χ3v) is 5.53. The molecule has 164 valence electrons. The fraction of sp³-hybridized carbons (Fsp3) is 0.200. The van der Waals surface area contributed by atoms with Crippen molar-refractivity contribution in [3.8, 4) is 28.0 Å². The first-order valence-electron chi connectivity index (χ1n) is 10.2. The van der Waals surface area contributed by atoms with Crippen molar-refractivity contribution in [1.82, 2.24) is 9.97 Å². The maximum absolute atomic E-state index is 6.65. The lowest BCUT2D eigenvalue weighted by Crippen LogP contribution is -2.12. The van der Waals surface area contributed by atoms with E-state index in [-0.39, 0.29) is 12.8 Å². The number of methoxy groups -OCH3 is 1. The summed E-state index contributed by atoms with van der Waals surface area (Å²) in [5.41, 5.74) is 3.92. The molecule has 0 aliphatic carbocycles. The van der Waals surface area contributed by atoms with Gasteiger partial charge in [0.1, 0.15) is 5.75 Å². The standard InChI is InChI=1S/C25H23Cl2N3O2/c1-15(2)29-25-28-13-16-12-19(17-8-4-6-10-20(17)26)24(32-14-31-3)22(23(16)30-25)18-9-5-7-11-21(18)27/h4-13,15H,14H2,1-3H3,(H,28,29,30). The Labute approximate surface area is 197 Å². The van der Waals surface area contributed by atoms with Gasteiger partial charge in [0, 0.05) is 51.5 Å². The summed E-state index contributed by atoms with van der Waals surface area (Å²) in [6.45, 7) is 4.13. The van der Waals surface area contributed by atoms with Gasteiger partial charge in [-0.05, 0) is 32.0 Å². The number of anilines is 1. The van der Waals surface area contributed by atoms with E-state index >= 15 is 0 Å². The Hall–Kier alpha value is -2.86. The Morgan fingerprint density at radius 2 is 1.59 bits per heavy atom. The monoisotopic (exact) mass is 467 g/mol. The van der Waals surface area contributed by atoms with E-state index in [2.05, 4.69) is 10.3 Å². The molecule has 4 aromatic rings. The summed E-state index contributed by atoms with van der Waals surface area (Å²) in [7, 11) is 1.58. The molecule has 0 bridgehead atoms. The van der Waals surface area contributed by atoms with Crippen molar-refractivity contribution in [2.24, 2.45) is 0 Å². The number of halogens is 2. The lowest BCUT2D eigenvalue weighted by molar-refractivity contribution is 0.0520. The molecule has 0 radical (unpaired) electrons. The van der Waals surface area contributed by atoms with Crippen molar-refractivity contribution in [2.45, 2.75) is 19.9 Å². The second-order valence-electron chi connectivity index (χ2n) is 7.57. The van der Waals surface area contributed by atoms with Crippen LogP contribution in [0.3, 0.4) is 0 Å². The number of hydrogen-bond donors (Lipinski definition) is 1. The third-order valence-electron chi connectivity index (χ3n) is 4.87. The highest BCUT2D eigenvalue weighted by Gasteiger charge is 2.22. The molecular weight excluding hydrogens is 445 g/mol. The molecule has 0 saturated heterocycles. The first-order valence-corrected chi connectivity index (χ1v) is 11.0. The normalized spacial score (nSPS) is 11.2. The summed E-state index contributed by atoms with van der Waals surface area (Å²) in [6, 6.07) is 17.4. The summed E-state index contributed by atoms with van der Waals surface area (Å²) in [5.74, 6) is 1.12. The molecule has 5 nitrogen and oxygen atoms in total. The number of ether oxygens (including phenoxy) is 2. The highest BCUT2D eigenvalue weighted by atomic mass is 35.5. The molecule has 0 fully saturated rings. The van der Waals surface area contributed by atoms with Crippen LogP contribution in [-0.2, 0) is 4.74 Å². The highest BCUT2D eigenvalue weighted by molar-refractivity contribution is 6.34. The van der Waals surface area contributed by atoms with Crippen LogP contribution in [0.25, 0.3) is 33.2 Å². The Morgan fingerprint density at radius 1 is 0.938 bits per heavy atom. The number of aromatic nitrogens is 2. The van der Waals surface area contributed by atoms with E-state index in [9.17, 15) is 0 Å². The minimum Gasteiger partial charge on any atom is -0.466 e. The van der Waals surface area contributed by atoms with E-state index in [4.69, 9.17) is 37.7 Å². The quantitative estimate of drug-likeness (QED) is 0.294. The van der Waals surface area contributed by atoms with Crippen molar-refractivity contribution >= 4 is 40.1 Å². The highest BCUT2D eigenvalue weighted by Crippen LogP contribution is 2.47. The van der Waals surface area contributed by atoms with Crippen molar-refractivity contribution < 1.29 is 9.47 Å². The van der Waals surface area contributed by atoms with Gasteiger partial charge in [-0.1, -0.05) is 59.6 Å². The van der Waals surface area contributed by atoms with Gasteiger partial charge >= 0.3 is 0 Å². The number of nitrogens with zero attached hydrogens (tertiary/aromatic N) is 2. The molecule has 0 aliphatic rings. The average molecular weight is 468 g/mol. The van der Waals surface area contributed by atoms with E-state index in [1.165, 1.54) is 0 Å². The molecule has 0 aliphatic heterocycles. The van der Waals surface area contributed by atoms with Crippen LogP contribution >= 0.6 is 23.2 Å². The molecule has 0 amide bonds. The lowest BCUT2D eigenvalue weighted by Gasteiger charge is -2.20. The predicted octanol–water partition coefficient (Wildman–Crippen LogP) is 7.07. The van der Waals surface area contributed by atoms with Gasteiger partial charge < -0.3 is 14.8 Å². The molecule has 1 N–H and O–H groups in total. The minimum absolute atomic E-state index is 0.0581. The van der Waals surface area contributed by atoms with Crippen LogP contribution in [0.4, 0.5) is 5.95 Å². The number of fused-ring (bicyclic) bond motifs is 1. The van der Waals surface area contributed by atoms with Crippen molar-refractivity contribution in [3.63, 3.8) is 0 Å². The Balaban J connectivity index is 2.11. The van der Waals surface area contributed by atoms with Gasteiger partial charge in [0.05, 0.1) is 11.1 Å². The Bertz CT molecular complexity index is 1260. The molecule has 0 saturated carbocycles. The topological polar surface area (TPSA) is 56.3 Å². The second kappa shape index (κ2) is 9.74. The third kappa shape index (κ3) is 4.51. The van der Waals surface area contributed by atoms with Crippen molar-refractivity contribution in [3.05, 3.63) is 70.8 Å². The molecule has 4 rings (SSSR count). The van der Waals surface area contributed by atoms with Gasteiger partial charge in [0.2, 0.25) is 5.95 Å². The van der Waals surface area contributed by atoms with Crippen LogP contribution in [-0.4, -0.2) is 29.9 Å². The van der Waals surface area contributed by atoms with Crippen molar-refractivity contribution in [2.75, 3.05) is 19.2 Å². The summed E-state index contributed by atoms with van der Waals surface area (Å²) < 4.78 is 11.4. The molecule has 7 heteroatoms. The lowest BCUT2D eigenvalue weighted by atomic mass is 9.94. The minimum atomic E-state index is 0.0581. The molecule has 1 heterocycles. The van der Waals surface area contributed by atoms with Crippen LogP contribution < -0.4 is 10.1 Å². The molecule has 1 aromatic heterocycles. The van der Waals surface area contributed by atoms with Gasteiger partial charge in [0.15, 0.2) is 6.79 Å². The Morgan fingerprint density at radius 3 is 2.22 bits per heavy atom. The van der Waals surface area contributed by atoms with E-state index < -0.39 is 0 Å². The van der Waals surface area contributed by atoms with Crippen LogP contribution in [0.15, 0.2) is 60.8 Å². The number of rotatable bonds is 7. The fourth-order valence-electron chi connectivity index (χ4n) is 3.55. The first kappa shape index (κ1) is 22.3. The van der Waals surface area contributed by atoms with E-state index in [1.807, 2.05) is 68.4 Å². The molecule has 0 atom stereocenters. The summed E-state index contributed by atoms with van der Waals surface area (Å²) >= 11 is 13.2. The van der Waals surface area contributed by atoms with Gasteiger partial charge in [-0.3, -0.25) is 0 Å². The van der Waals surface area contributed by atoms with E-state index in [0.717, 1.165) is 33.2 Å². The largest absolute Gasteiger partial charge is 0.466 e.